The van der Waals surface area contributed by atoms with E-state index in [9.17, 15) is 0 Å². The second-order valence-electron chi connectivity index (χ2n) is 4.01. The highest BCUT2D eigenvalue weighted by Gasteiger charge is 2.13. The van der Waals surface area contributed by atoms with Crippen LogP contribution in [-0.4, -0.2) is 25.1 Å². The van der Waals surface area contributed by atoms with E-state index in [2.05, 4.69) is 20.5 Å². The van der Waals surface area contributed by atoms with Crippen LogP contribution in [0.1, 0.15) is 17.3 Å². The Hall–Kier alpha value is -2.48. The van der Waals surface area contributed by atoms with Gasteiger partial charge in [0.05, 0.1) is 23.7 Å². The Balaban J connectivity index is 1.80. The number of aryl methyl sites for hydroxylation is 1. The standard InChI is InChI=1S/C11H12N6O2/c1-7-9(2-3-18-7)11-13-10(19-15-11)6-17-5-8(4-12)14-16-17/h2-3,5H,4,6,12H2,1H3. The van der Waals surface area contributed by atoms with E-state index in [1.54, 1.807) is 23.2 Å². The number of nitrogens with zero attached hydrogens (tertiary/aromatic N) is 5. The number of nitrogens with two attached hydrogens (primary N) is 1. The zero-order valence-corrected chi connectivity index (χ0v) is 10.3. The number of rotatable bonds is 4. The van der Waals surface area contributed by atoms with Gasteiger partial charge in [-0.2, -0.15) is 4.98 Å². The second kappa shape index (κ2) is 4.65. The van der Waals surface area contributed by atoms with Crippen molar-refractivity contribution >= 4 is 0 Å². The van der Waals surface area contributed by atoms with Gasteiger partial charge in [0, 0.05) is 6.54 Å². The molecule has 0 bridgehead atoms. The van der Waals surface area contributed by atoms with Gasteiger partial charge in [-0.15, -0.1) is 5.10 Å². The van der Waals surface area contributed by atoms with E-state index in [-0.39, 0.29) is 0 Å². The fraction of sp³-hybridized carbons (Fsp3) is 0.273. The molecule has 0 amide bonds. The summed E-state index contributed by atoms with van der Waals surface area (Å²) < 4.78 is 12.0. The Morgan fingerprint density at radius 3 is 3.00 bits per heavy atom. The van der Waals surface area contributed by atoms with E-state index in [0.29, 0.717) is 30.5 Å². The largest absolute Gasteiger partial charge is 0.469 e. The molecule has 0 aliphatic rings. The molecule has 19 heavy (non-hydrogen) atoms. The Kier molecular flexibility index (Phi) is 2.84. The summed E-state index contributed by atoms with van der Waals surface area (Å²) in [6.45, 7) is 2.55. The summed E-state index contributed by atoms with van der Waals surface area (Å²) in [7, 11) is 0. The van der Waals surface area contributed by atoms with Gasteiger partial charge in [0.25, 0.3) is 0 Å². The predicted octanol–water partition coefficient (Wildman–Crippen LogP) is 0.737. The first-order chi connectivity index (χ1) is 9.26. The minimum Gasteiger partial charge on any atom is -0.469 e. The highest BCUT2D eigenvalue weighted by Crippen LogP contribution is 2.21. The highest BCUT2D eigenvalue weighted by atomic mass is 16.5. The van der Waals surface area contributed by atoms with Crippen molar-refractivity contribution in [3.63, 3.8) is 0 Å². The zero-order valence-electron chi connectivity index (χ0n) is 10.3. The summed E-state index contributed by atoms with van der Waals surface area (Å²) in [5.74, 6) is 1.70. The molecule has 0 saturated heterocycles. The summed E-state index contributed by atoms with van der Waals surface area (Å²) in [6.07, 6.45) is 3.33. The quantitative estimate of drug-likeness (QED) is 0.736. The molecule has 3 aromatic heterocycles. The van der Waals surface area contributed by atoms with Gasteiger partial charge in [0.2, 0.25) is 11.7 Å². The maximum atomic E-state index is 5.46. The second-order valence-corrected chi connectivity index (χ2v) is 4.01. The lowest BCUT2D eigenvalue weighted by Gasteiger charge is -1.92. The van der Waals surface area contributed by atoms with Crippen molar-refractivity contribution in [3.8, 4) is 11.4 Å². The average molecular weight is 260 g/mol. The molecule has 2 N–H and O–H groups in total. The first-order valence-electron chi connectivity index (χ1n) is 5.72. The molecule has 3 rings (SSSR count). The molecule has 0 atom stereocenters. The van der Waals surface area contributed by atoms with Crippen LogP contribution in [0.4, 0.5) is 0 Å². The molecule has 8 heteroatoms. The Bertz CT molecular complexity index is 683. The average Bonchev–Trinajstić information content (AvgIpc) is 3.10. The third kappa shape index (κ3) is 2.25. The first-order valence-corrected chi connectivity index (χ1v) is 5.72. The molecule has 3 aromatic rings. The SMILES string of the molecule is Cc1occc1-c1noc(Cn2cc(CN)nn2)n1. The Labute approximate surface area is 108 Å². The molecule has 0 aliphatic carbocycles. The monoisotopic (exact) mass is 260 g/mol. The van der Waals surface area contributed by atoms with Crippen molar-refractivity contribution < 1.29 is 8.94 Å². The van der Waals surface area contributed by atoms with E-state index in [4.69, 9.17) is 14.7 Å². The lowest BCUT2D eigenvalue weighted by atomic mass is 10.2. The smallest absolute Gasteiger partial charge is 0.248 e. The van der Waals surface area contributed by atoms with Gasteiger partial charge in [-0.25, -0.2) is 4.68 Å². The Morgan fingerprint density at radius 1 is 1.42 bits per heavy atom. The van der Waals surface area contributed by atoms with Crippen LogP contribution in [0.5, 0.6) is 0 Å². The summed E-state index contributed by atoms with van der Waals surface area (Å²) in [5, 5.41) is 11.7. The number of aromatic nitrogens is 5. The van der Waals surface area contributed by atoms with Crippen molar-refractivity contribution in [1.29, 1.82) is 0 Å². The lowest BCUT2D eigenvalue weighted by molar-refractivity contribution is 0.364. The van der Waals surface area contributed by atoms with Gasteiger partial charge >= 0.3 is 0 Å². The molecule has 0 aromatic carbocycles. The predicted molar refractivity (Wildman–Crippen MR) is 63.8 cm³/mol. The lowest BCUT2D eigenvalue weighted by Crippen LogP contribution is -2.00. The van der Waals surface area contributed by atoms with Gasteiger partial charge in [-0.05, 0) is 13.0 Å². The zero-order chi connectivity index (χ0) is 13.2. The number of furan rings is 1. The molecule has 0 unspecified atom stereocenters. The molecule has 0 spiro atoms. The maximum absolute atomic E-state index is 5.46. The van der Waals surface area contributed by atoms with Crippen LogP contribution in [0.15, 0.2) is 27.5 Å². The fourth-order valence-corrected chi connectivity index (χ4v) is 1.69. The van der Waals surface area contributed by atoms with Crippen molar-refractivity contribution in [3.05, 3.63) is 35.9 Å². The molecule has 0 fully saturated rings. The van der Waals surface area contributed by atoms with Gasteiger partial charge in [0.15, 0.2) is 0 Å². The van der Waals surface area contributed by atoms with Crippen LogP contribution >= 0.6 is 0 Å². The molecular formula is C11H12N6O2. The number of hydrogen-bond acceptors (Lipinski definition) is 7. The van der Waals surface area contributed by atoms with Crippen molar-refractivity contribution in [1.82, 2.24) is 25.1 Å². The van der Waals surface area contributed by atoms with Crippen LogP contribution in [0.2, 0.25) is 0 Å². The third-order valence-corrected chi connectivity index (χ3v) is 2.66. The molecule has 98 valence electrons. The molecule has 0 saturated carbocycles. The summed E-state index contributed by atoms with van der Waals surface area (Å²) >= 11 is 0. The molecule has 8 nitrogen and oxygen atoms in total. The molecule has 0 radical (unpaired) electrons. The Morgan fingerprint density at radius 2 is 2.32 bits per heavy atom. The molecule has 3 heterocycles. The summed E-state index contributed by atoms with van der Waals surface area (Å²) in [4.78, 5) is 4.29. The third-order valence-electron chi connectivity index (χ3n) is 2.66. The van der Waals surface area contributed by atoms with Gasteiger partial charge in [0.1, 0.15) is 12.3 Å². The summed E-state index contributed by atoms with van der Waals surface area (Å²) in [5.41, 5.74) is 6.99. The highest BCUT2D eigenvalue weighted by molar-refractivity contribution is 5.55. The first kappa shape index (κ1) is 11.6. The van der Waals surface area contributed by atoms with E-state index >= 15 is 0 Å². The minimum atomic E-state index is 0.350. The van der Waals surface area contributed by atoms with Crippen molar-refractivity contribution in [2.45, 2.75) is 20.0 Å². The van der Waals surface area contributed by atoms with Gasteiger partial charge < -0.3 is 14.7 Å². The normalized spacial score (nSPS) is 11.1. The van der Waals surface area contributed by atoms with E-state index in [1.807, 2.05) is 6.92 Å². The van der Waals surface area contributed by atoms with Crippen molar-refractivity contribution in [2.75, 3.05) is 0 Å². The maximum Gasteiger partial charge on any atom is 0.248 e. The van der Waals surface area contributed by atoms with Crippen LogP contribution in [0, 0.1) is 6.92 Å². The van der Waals surface area contributed by atoms with Crippen LogP contribution in [0.25, 0.3) is 11.4 Å². The topological polar surface area (TPSA) is 109 Å². The summed E-state index contributed by atoms with van der Waals surface area (Å²) in [6, 6.07) is 1.80. The molecular weight excluding hydrogens is 248 g/mol. The molecule has 0 aliphatic heterocycles. The van der Waals surface area contributed by atoms with Gasteiger partial charge in [-0.1, -0.05) is 10.4 Å². The van der Waals surface area contributed by atoms with Crippen LogP contribution in [-0.2, 0) is 13.1 Å². The van der Waals surface area contributed by atoms with Gasteiger partial charge in [-0.3, -0.25) is 0 Å². The fourth-order valence-electron chi connectivity index (χ4n) is 1.69. The van der Waals surface area contributed by atoms with Crippen molar-refractivity contribution in [2.24, 2.45) is 5.73 Å². The van der Waals surface area contributed by atoms with E-state index in [1.165, 1.54) is 0 Å². The van der Waals surface area contributed by atoms with Crippen LogP contribution < -0.4 is 5.73 Å². The van der Waals surface area contributed by atoms with E-state index < -0.39 is 0 Å². The van der Waals surface area contributed by atoms with E-state index in [0.717, 1.165) is 11.3 Å². The number of hydrogen-bond donors (Lipinski definition) is 1. The minimum absolute atomic E-state index is 0.350. The van der Waals surface area contributed by atoms with Crippen LogP contribution in [0.3, 0.4) is 0 Å².